The highest BCUT2D eigenvalue weighted by molar-refractivity contribution is 5.15. The van der Waals surface area contributed by atoms with Crippen molar-refractivity contribution in [3.8, 4) is 0 Å². The minimum absolute atomic E-state index is 0.200. The first kappa shape index (κ1) is 8.17. The largest absolute Gasteiger partial charge is 0.355 e. The second kappa shape index (κ2) is 2.67. The van der Waals surface area contributed by atoms with Crippen molar-refractivity contribution < 1.29 is 18.9 Å². The third-order valence-corrected chi connectivity index (χ3v) is 3.52. The summed E-state index contributed by atoms with van der Waals surface area (Å²) >= 11 is 0. The van der Waals surface area contributed by atoms with Gasteiger partial charge in [-0.25, -0.2) is 0 Å². The van der Waals surface area contributed by atoms with Crippen LogP contribution in [0.25, 0.3) is 0 Å². The lowest BCUT2D eigenvalue weighted by Crippen LogP contribution is -2.38. The van der Waals surface area contributed by atoms with E-state index in [-0.39, 0.29) is 10.8 Å². The van der Waals surface area contributed by atoms with E-state index in [1.165, 1.54) is 0 Å². The second-order valence-electron chi connectivity index (χ2n) is 4.37. The van der Waals surface area contributed by atoms with Gasteiger partial charge in [-0.05, 0) is 6.42 Å². The molecule has 2 saturated heterocycles. The highest BCUT2D eigenvalue weighted by atomic mass is 16.7. The molecule has 2 aliphatic heterocycles. The van der Waals surface area contributed by atoms with E-state index in [0.717, 1.165) is 32.8 Å². The predicted molar refractivity (Wildman–Crippen MR) is 43.0 cm³/mol. The van der Waals surface area contributed by atoms with Crippen molar-refractivity contribution in [2.45, 2.75) is 6.42 Å². The molecule has 4 heteroatoms. The van der Waals surface area contributed by atoms with E-state index >= 15 is 0 Å². The molecule has 74 valence electrons. The van der Waals surface area contributed by atoms with E-state index in [4.69, 9.17) is 18.9 Å². The third kappa shape index (κ3) is 1.06. The van der Waals surface area contributed by atoms with Crippen LogP contribution in [0.1, 0.15) is 6.42 Å². The molecule has 2 heterocycles. The molecule has 3 fully saturated rings. The summed E-state index contributed by atoms with van der Waals surface area (Å²) in [5.74, 6) is 0. The minimum atomic E-state index is 0.200. The fourth-order valence-corrected chi connectivity index (χ4v) is 2.57. The summed E-state index contributed by atoms with van der Waals surface area (Å²) in [7, 11) is 0. The zero-order chi connectivity index (χ0) is 8.78. The van der Waals surface area contributed by atoms with E-state index in [1.54, 1.807) is 0 Å². The highest BCUT2D eigenvalue weighted by Crippen LogP contribution is 2.65. The van der Waals surface area contributed by atoms with E-state index < -0.39 is 0 Å². The van der Waals surface area contributed by atoms with Gasteiger partial charge in [-0.2, -0.15) is 0 Å². The Morgan fingerprint density at radius 2 is 1.00 bits per heavy atom. The average molecular weight is 186 g/mol. The molecule has 1 aliphatic carbocycles. The van der Waals surface area contributed by atoms with Crippen LogP contribution in [0.3, 0.4) is 0 Å². The molecule has 3 aliphatic rings. The number of hydrogen-bond acceptors (Lipinski definition) is 4. The van der Waals surface area contributed by atoms with Gasteiger partial charge in [-0.3, -0.25) is 0 Å². The highest BCUT2D eigenvalue weighted by Gasteiger charge is 2.69. The Morgan fingerprint density at radius 3 is 1.38 bits per heavy atom. The average Bonchev–Trinajstić information content (AvgIpc) is 2.74. The zero-order valence-electron chi connectivity index (χ0n) is 7.58. The molecule has 0 N–H and O–H groups in total. The molecule has 2 spiro atoms. The van der Waals surface area contributed by atoms with Crippen molar-refractivity contribution in [2.24, 2.45) is 10.8 Å². The van der Waals surface area contributed by atoms with E-state index in [0.29, 0.717) is 13.6 Å². The molecule has 3 rings (SSSR count). The Hall–Kier alpha value is -0.160. The van der Waals surface area contributed by atoms with Crippen molar-refractivity contribution in [3.05, 3.63) is 0 Å². The summed E-state index contributed by atoms with van der Waals surface area (Å²) in [5, 5.41) is 0. The van der Waals surface area contributed by atoms with Crippen molar-refractivity contribution in [3.63, 3.8) is 0 Å². The van der Waals surface area contributed by atoms with Crippen molar-refractivity contribution in [2.75, 3.05) is 40.0 Å². The van der Waals surface area contributed by atoms with Gasteiger partial charge in [0.1, 0.15) is 13.6 Å². The van der Waals surface area contributed by atoms with Crippen molar-refractivity contribution >= 4 is 0 Å². The van der Waals surface area contributed by atoms with Gasteiger partial charge in [0.15, 0.2) is 0 Å². The van der Waals surface area contributed by atoms with Crippen LogP contribution < -0.4 is 0 Å². The summed E-state index contributed by atoms with van der Waals surface area (Å²) in [6.45, 7) is 4.11. The Balaban J connectivity index is 1.73. The van der Waals surface area contributed by atoms with Crippen LogP contribution in [0.4, 0.5) is 0 Å². The maximum absolute atomic E-state index is 5.34. The van der Waals surface area contributed by atoms with Crippen LogP contribution in [0.5, 0.6) is 0 Å². The summed E-state index contributed by atoms with van der Waals surface area (Å²) in [5.41, 5.74) is 0.400. The molecule has 0 aromatic carbocycles. The number of rotatable bonds is 0. The molecule has 0 unspecified atom stereocenters. The predicted octanol–water partition coefficient (Wildman–Crippen LogP) is 0.371. The van der Waals surface area contributed by atoms with Crippen LogP contribution in [0.2, 0.25) is 0 Å². The molecule has 0 amide bonds. The van der Waals surface area contributed by atoms with Crippen LogP contribution >= 0.6 is 0 Å². The van der Waals surface area contributed by atoms with Gasteiger partial charge in [-0.1, -0.05) is 0 Å². The number of ether oxygens (including phenoxy) is 4. The Bertz CT molecular complexity index is 182. The van der Waals surface area contributed by atoms with Gasteiger partial charge in [-0.15, -0.1) is 0 Å². The van der Waals surface area contributed by atoms with Crippen molar-refractivity contribution in [1.29, 1.82) is 0 Å². The lowest BCUT2D eigenvalue weighted by molar-refractivity contribution is -0.183. The van der Waals surface area contributed by atoms with Gasteiger partial charge in [0.25, 0.3) is 0 Å². The standard InChI is InChI=1S/C9H14O4/c1-8(2-10-6-11-3-8)9(1)4-12-7-13-5-9/h1-7H2. The Kier molecular flexibility index (Phi) is 1.68. The summed E-state index contributed by atoms with van der Waals surface area (Å²) in [6.07, 6.45) is 1.12. The summed E-state index contributed by atoms with van der Waals surface area (Å²) in [6, 6.07) is 0. The number of hydrogen-bond donors (Lipinski definition) is 0. The Morgan fingerprint density at radius 1 is 0.615 bits per heavy atom. The van der Waals surface area contributed by atoms with E-state index in [9.17, 15) is 0 Å². The van der Waals surface area contributed by atoms with Crippen LogP contribution in [-0.2, 0) is 18.9 Å². The number of fused-ring (bicyclic) bond motifs is 1. The molecular formula is C9H14O4. The molecule has 0 aromatic heterocycles. The molecule has 4 nitrogen and oxygen atoms in total. The normalized spacial score (nSPS) is 35.1. The fourth-order valence-electron chi connectivity index (χ4n) is 2.57. The molecule has 0 atom stereocenters. The van der Waals surface area contributed by atoms with Gasteiger partial charge in [0, 0.05) is 10.8 Å². The van der Waals surface area contributed by atoms with Gasteiger partial charge in [0.2, 0.25) is 0 Å². The fraction of sp³-hybridized carbons (Fsp3) is 1.00. The molecule has 0 radical (unpaired) electrons. The second-order valence-corrected chi connectivity index (χ2v) is 4.37. The van der Waals surface area contributed by atoms with Gasteiger partial charge < -0.3 is 18.9 Å². The van der Waals surface area contributed by atoms with Crippen LogP contribution in [0, 0.1) is 10.8 Å². The Labute approximate surface area is 77.1 Å². The maximum atomic E-state index is 5.34. The minimum Gasteiger partial charge on any atom is -0.355 e. The summed E-state index contributed by atoms with van der Waals surface area (Å²) < 4.78 is 21.4. The first-order chi connectivity index (χ1) is 6.37. The molecule has 0 aromatic rings. The molecule has 0 bridgehead atoms. The van der Waals surface area contributed by atoms with E-state index in [2.05, 4.69) is 0 Å². The maximum Gasteiger partial charge on any atom is 0.146 e. The lowest BCUT2D eigenvalue weighted by atomic mass is 9.94. The third-order valence-electron chi connectivity index (χ3n) is 3.52. The topological polar surface area (TPSA) is 36.9 Å². The first-order valence-corrected chi connectivity index (χ1v) is 4.68. The lowest BCUT2D eigenvalue weighted by Gasteiger charge is -2.31. The van der Waals surface area contributed by atoms with E-state index in [1.807, 2.05) is 0 Å². The summed E-state index contributed by atoms with van der Waals surface area (Å²) in [4.78, 5) is 0. The van der Waals surface area contributed by atoms with Crippen molar-refractivity contribution in [1.82, 2.24) is 0 Å². The monoisotopic (exact) mass is 186 g/mol. The van der Waals surface area contributed by atoms with Crippen LogP contribution in [0.15, 0.2) is 0 Å². The zero-order valence-corrected chi connectivity index (χ0v) is 7.58. The SMILES string of the molecule is C1OCC2(CO1)CC21COCOC1. The quantitative estimate of drug-likeness (QED) is 0.547. The molecular weight excluding hydrogens is 172 g/mol. The molecule has 13 heavy (non-hydrogen) atoms. The van der Waals surface area contributed by atoms with Gasteiger partial charge in [0.05, 0.1) is 26.4 Å². The molecule has 1 saturated carbocycles. The van der Waals surface area contributed by atoms with Gasteiger partial charge >= 0.3 is 0 Å². The van der Waals surface area contributed by atoms with Crippen LogP contribution in [-0.4, -0.2) is 40.0 Å². The smallest absolute Gasteiger partial charge is 0.146 e. The first-order valence-electron chi connectivity index (χ1n) is 4.68.